The van der Waals surface area contributed by atoms with Gasteiger partial charge in [-0.15, -0.1) is 4.91 Å². The van der Waals surface area contributed by atoms with E-state index in [1.54, 1.807) is 14.0 Å². The quantitative estimate of drug-likeness (QED) is 0.104. The van der Waals surface area contributed by atoms with Gasteiger partial charge in [-0.05, 0) is 48.2 Å². The predicted molar refractivity (Wildman–Crippen MR) is 119 cm³/mol. The van der Waals surface area contributed by atoms with Gasteiger partial charge in [-0.3, -0.25) is 4.79 Å². The number of fused-ring (bicyclic) bond motifs is 1. The number of esters is 2. The summed E-state index contributed by atoms with van der Waals surface area (Å²) in [5, 5.41) is 4.06. The van der Waals surface area contributed by atoms with Gasteiger partial charge in [-0.1, -0.05) is 24.3 Å². The number of hydrogen-bond acceptors (Lipinski definition) is 11. The molecule has 11 nitrogen and oxygen atoms in total. The topological polar surface area (TPSA) is 136 Å². The Bertz CT molecular complexity index is 993. The number of nitrogens with zero attached hydrogens (tertiary/aromatic N) is 1. The fraction of sp³-hybridized carbons (Fsp3) is 0.435. The van der Waals surface area contributed by atoms with Crippen molar-refractivity contribution in [3.8, 4) is 5.75 Å². The largest absolute Gasteiger partial charge is 0.511 e. The van der Waals surface area contributed by atoms with Crippen molar-refractivity contribution in [3.05, 3.63) is 46.9 Å². The van der Waals surface area contributed by atoms with E-state index in [-0.39, 0.29) is 13.2 Å². The first-order chi connectivity index (χ1) is 16.3. The number of rotatable bonds is 13. The van der Waals surface area contributed by atoms with E-state index in [0.29, 0.717) is 12.8 Å². The van der Waals surface area contributed by atoms with Gasteiger partial charge in [0.15, 0.2) is 11.9 Å². The summed E-state index contributed by atoms with van der Waals surface area (Å²) in [6, 6.07) is 11.3. The van der Waals surface area contributed by atoms with Crippen LogP contribution in [-0.2, 0) is 33.4 Å². The normalized spacial score (nSPS) is 12.2. The third-order valence-electron chi connectivity index (χ3n) is 4.73. The minimum absolute atomic E-state index is 0.0165. The van der Waals surface area contributed by atoms with Gasteiger partial charge in [0.25, 0.3) is 6.29 Å². The van der Waals surface area contributed by atoms with Crippen LogP contribution >= 0.6 is 0 Å². The minimum atomic E-state index is -1.15. The third kappa shape index (κ3) is 8.57. The summed E-state index contributed by atoms with van der Waals surface area (Å²) >= 11 is 0. The molecular weight excluding hydrogens is 450 g/mol. The molecule has 2 aromatic rings. The van der Waals surface area contributed by atoms with Crippen molar-refractivity contribution in [2.75, 3.05) is 26.9 Å². The molecule has 0 spiro atoms. The molecule has 0 N–H and O–H groups in total. The zero-order valence-electron chi connectivity index (χ0n) is 19.2. The van der Waals surface area contributed by atoms with Crippen LogP contribution in [0.25, 0.3) is 10.8 Å². The Morgan fingerprint density at radius 3 is 2.29 bits per heavy atom. The molecule has 34 heavy (non-hydrogen) atoms. The first-order valence-corrected chi connectivity index (χ1v) is 10.6. The molecule has 0 saturated heterocycles. The maximum Gasteiger partial charge on any atom is 0.511 e. The second kappa shape index (κ2) is 13.6. The summed E-state index contributed by atoms with van der Waals surface area (Å²) < 4.78 is 24.6. The Labute approximate surface area is 196 Å². The van der Waals surface area contributed by atoms with Crippen molar-refractivity contribution < 1.29 is 42.9 Å². The average molecular weight is 477 g/mol. The van der Waals surface area contributed by atoms with Crippen molar-refractivity contribution >= 4 is 28.9 Å². The minimum Gasteiger partial charge on any atom is -0.497 e. The fourth-order valence-electron chi connectivity index (χ4n) is 2.87. The summed E-state index contributed by atoms with van der Waals surface area (Å²) in [7, 11) is 1.60. The molecular formula is C23H27NO10. The second-order valence-corrected chi connectivity index (χ2v) is 7.19. The van der Waals surface area contributed by atoms with Gasteiger partial charge in [0.1, 0.15) is 5.75 Å². The number of hydrogen-bond donors (Lipinski definition) is 0. The zero-order valence-corrected chi connectivity index (χ0v) is 19.2. The molecule has 0 bridgehead atoms. The molecule has 1 unspecified atom stereocenters. The van der Waals surface area contributed by atoms with Crippen molar-refractivity contribution in [2.24, 2.45) is 5.34 Å². The smallest absolute Gasteiger partial charge is 0.497 e. The van der Waals surface area contributed by atoms with Crippen LogP contribution in [0.2, 0.25) is 0 Å². The van der Waals surface area contributed by atoms with Crippen molar-refractivity contribution in [3.63, 3.8) is 0 Å². The summed E-state index contributed by atoms with van der Waals surface area (Å²) in [5.74, 6) is -1.04. The Morgan fingerprint density at radius 1 is 0.912 bits per heavy atom. The number of unbranched alkanes of at least 4 members (excludes halogenated alkanes) is 1. The van der Waals surface area contributed by atoms with Crippen LogP contribution in [0.3, 0.4) is 0 Å². The number of carbonyl (C=O) groups excluding carboxylic acids is 3. The van der Waals surface area contributed by atoms with E-state index >= 15 is 0 Å². The van der Waals surface area contributed by atoms with E-state index in [1.165, 1.54) is 6.92 Å². The molecule has 0 fully saturated rings. The van der Waals surface area contributed by atoms with Crippen molar-refractivity contribution in [1.29, 1.82) is 0 Å². The van der Waals surface area contributed by atoms with Gasteiger partial charge in [0.05, 0.1) is 26.2 Å². The average Bonchev–Trinajstić information content (AvgIpc) is 2.83. The van der Waals surface area contributed by atoms with E-state index in [4.69, 9.17) is 18.9 Å². The van der Waals surface area contributed by atoms with E-state index in [1.807, 2.05) is 36.4 Å². The van der Waals surface area contributed by atoms with Gasteiger partial charge in [0.2, 0.25) is 0 Å². The standard InChI is InChI=1S/C23H27NO10/c1-15(17-6-7-19-13-20(29-3)9-8-18(19)12-17)22(26)32-14-21(25)30-10-4-5-11-31-23(27)33-16(2)34-24-28/h6-9,12-13,15-16H,4-5,10-11,14H2,1-3H3/t15-,16?/m0/s1. The highest BCUT2D eigenvalue weighted by Crippen LogP contribution is 2.25. The first kappa shape index (κ1) is 26.4. The van der Waals surface area contributed by atoms with Gasteiger partial charge < -0.3 is 28.5 Å². The Morgan fingerprint density at radius 2 is 1.59 bits per heavy atom. The predicted octanol–water partition coefficient (Wildman–Crippen LogP) is 4.02. The fourth-order valence-corrected chi connectivity index (χ4v) is 2.87. The summed E-state index contributed by atoms with van der Waals surface area (Å²) in [5.41, 5.74) is 0.762. The molecule has 0 aliphatic carbocycles. The summed E-state index contributed by atoms with van der Waals surface area (Å²) in [6.07, 6.45) is -1.36. The van der Waals surface area contributed by atoms with Crippen LogP contribution < -0.4 is 4.74 Å². The first-order valence-electron chi connectivity index (χ1n) is 10.6. The van der Waals surface area contributed by atoms with E-state index < -0.39 is 36.9 Å². The zero-order chi connectivity index (χ0) is 24.9. The molecule has 0 amide bonds. The number of ether oxygens (including phenoxy) is 5. The number of carbonyl (C=O) groups is 3. The van der Waals surface area contributed by atoms with Crippen LogP contribution in [0.1, 0.15) is 38.2 Å². The van der Waals surface area contributed by atoms with Gasteiger partial charge >= 0.3 is 18.1 Å². The van der Waals surface area contributed by atoms with Gasteiger partial charge in [0, 0.05) is 6.92 Å². The van der Waals surface area contributed by atoms with Crippen molar-refractivity contribution in [2.45, 2.75) is 38.9 Å². The van der Waals surface area contributed by atoms with Crippen LogP contribution in [0, 0.1) is 4.91 Å². The maximum absolute atomic E-state index is 12.3. The van der Waals surface area contributed by atoms with E-state index in [9.17, 15) is 19.3 Å². The molecule has 0 aliphatic heterocycles. The molecule has 0 aromatic heterocycles. The van der Waals surface area contributed by atoms with Crippen LogP contribution in [0.4, 0.5) is 4.79 Å². The van der Waals surface area contributed by atoms with Crippen molar-refractivity contribution in [1.82, 2.24) is 0 Å². The highest BCUT2D eigenvalue weighted by atomic mass is 16.8. The van der Waals surface area contributed by atoms with E-state index in [2.05, 4.69) is 14.9 Å². The molecule has 0 saturated carbocycles. The lowest BCUT2D eigenvalue weighted by Gasteiger charge is -2.13. The summed E-state index contributed by atoms with van der Waals surface area (Å²) in [6.45, 7) is 2.58. The molecule has 2 aromatic carbocycles. The maximum atomic E-state index is 12.3. The monoisotopic (exact) mass is 477 g/mol. The lowest BCUT2D eigenvalue weighted by molar-refractivity contribution is -0.159. The van der Waals surface area contributed by atoms with Gasteiger partial charge in [-0.2, -0.15) is 0 Å². The molecule has 11 heteroatoms. The molecule has 0 heterocycles. The molecule has 0 aliphatic rings. The van der Waals surface area contributed by atoms with Crippen LogP contribution in [0.5, 0.6) is 5.75 Å². The van der Waals surface area contributed by atoms with Crippen LogP contribution in [-0.4, -0.2) is 51.3 Å². The highest BCUT2D eigenvalue weighted by Gasteiger charge is 2.19. The molecule has 184 valence electrons. The Hall–Kier alpha value is -3.89. The van der Waals surface area contributed by atoms with E-state index in [0.717, 1.165) is 22.1 Å². The number of methoxy groups -OCH3 is 1. The SMILES string of the molecule is COc1ccc2cc([C@H](C)C(=O)OCC(=O)OCCCCOC(=O)OC(C)ON=O)ccc2c1. The Balaban J connectivity index is 1.65. The van der Waals surface area contributed by atoms with Gasteiger partial charge in [-0.25, -0.2) is 9.59 Å². The lowest BCUT2D eigenvalue weighted by Crippen LogP contribution is -2.20. The lowest BCUT2D eigenvalue weighted by atomic mass is 9.98. The number of benzene rings is 2. The second-order valence-electron chi connectivity index (χ2n) is 7.19. The molecule has 2 atom stereocenters. The highest BCUT2D eigenvalue weighted by molar-refractivity contribution is 5.87. The molecule has 0 radical (unpaired) electrons. The Kier molecular flexibility index (Phi) is 10.6. The molecule has 2 rings (SSSR count). The van der Waals surface area contributed by atoms with Crippen LogP contribution in [0.15, 0.2) is 41.7 Å². The third-order valence-corrected chi connectivity index (χ3v) is 4.73. The summed E-state index contributed by atoms with van der Waals surface area (Å²) in [4.78, 5) is 49.4.